The van der Waals surface area contributed by atoms with Crippen molar-refractivity contribution in [3.8, 4) is 0 Å². The van der Waals surface area contributed by atoms with Crippen LogP contribution in [0.15, 0.2) is 48.5 Å². The van der Waals surface area contributed by atoms with Gasteiger partial charge in [0.25, 0.3) is 5.91 Å². The number of hydrogen-bond acceptors (Lipinski definition) is 5. The lowest BCUT2D eigenvalue weighted by Crippen LogP contribution is -2.46. The third-order valence-electron chi connectivity index (χ3n) is 5.15. The lowest BCUT2D eigenvalue weighted by atomic mass is 9.85. The highest BCUT2D eigenvalue weighted by atomic mass is 16.8. The second-order valence-electron chi connectivity index (χ2n) is 7.99. The van der Waals surface area contributed by atoms with Gasteiger partial charge in [0, 0.05) is 18.7 Å². The molecule has 3 N–H and O–H groups in total. The molecule has 2 aromatic carbocycles. The molecule has 164 valence electrons. The number of hydrogen-bond donors (Lipinski definition) is 3. The van der Waals surface area contributed by atoms with Crippen molar-refractivity contribution in [1.29, 1.82) is 0 Å². The largest absolute Gasteiger partial charge is 0.478 e. The van der Waals surface area contributed by atoms with Crippen LogP contribution in [0.4, 0.5) is 0 Å². The number of rotatable bonds is 8. The van der Waals surface area contributed by atoms with Gasteiger partial charge in [0.05, 0.1) is 5.56 Å². The fraction of sp³-hybridized carbons (Fsp3) is 0.348. The minimum absolute atomic E-state index is 0.000451. The molecular formula is C23H26N2O6. The van der Waals surface area contributed by atoms with Gasteiger partial charge in [-0.15, -0.1) is 0 Å². The third kappa shape index (κ3) is 4.92. The standard InChI is InChI=1S/C23H26N2O6/c1-22(2)30-19(20(27)25-13-15-7-5-4-6-8-15)23(3,31-22)18-11-16(12-24-14-26)9-10-17(18)21(28)29/h4-11,14,19H,12-13H2,1-3H3,(H,24,26)(H,25,27)(H,28,29)/t19-,23-/m0/s1. The average Bonchev–Trinajstić information content (AvgIpc) is 3.00. The van der Waals surface area contributed by atoms with Crippen molar-refractivity contribution in [3.05, 3.63) is 70.8 Å². The van der Waals surface area contributed by atoms with Crippen molar-refractivity contribution < 1.29 is 29.0 Å². The average molecular weight is 426 g/mol. The van der Waals surface area contributed by atoms with Crippen molar-refractivity contribution in [3.63, 3.8) is 0 Å². The molecule has 8 nitrogen and oxygen atoms in total. The predicted molar refractivity (Wildman–Crippen MR) is 112 cm³/mol. The monoisotopic (exact) mass is 426 g/mol. The number of carboxylic acids is 1. The highest BCUT2D eigenvalue weighted by Crippen LogP contribution is 2.45. The number of amides is 2. The van der Waals surface area contributed by atoms with Gasteiger partial charge >= 0.3 is 5.97 Å². The number of nitrogens with one attached hydrogen (secondary N) is 2. The number of carbonyl (C=O) groups excluding carboxylic acids is 2. The van der Waals surface area contributed by atoms with Gasteiger partial charge in [0.15, 0.2) is 11.9 Å². The van der Waals surface area contributed by atoms with Gasteiger partial charge in [-0.1, -0.05) is 42.5 Å². The molecule has 2 amide bonds. The van der Waals surface area contributed by atoms with E-state index in [4.69, 9.17) is 9.47 Å². The van der Waals surface area contributed by atoms with Crippen molar-refractivity contribution >= 4 is 18.3 Å². The first kappa shape index (κ1) is 22.5. The Kier molecular flexibility index (Phi) is 6.42. The Labute approximate surface area is 180 Å². The minimum atomic E-state index is -1.37. The summed E-state index contributed by atoms with van der Waals surface area (Å²) >= 11 is 0. The molecule has 0 radical (unpaired) electrons. The maximum atomic E-state index is 13.1. The molecular weight excluding hydrogens is 400 g/mol. The molecule has 0 spiro atoms. The normalized spacial score (nSPS) is 22.0. The van der Waals surface area contributed by atoms with Gasteiger partial charge in [-0.05, 0) is 38.0 Å². The molecule has 31 heavy (non-hydrogen) atoms. The molecule has 8 heteroatoms. The highest BCUT2D eigenvalue weighted by molar-refractivity contribution is 5.91. The zero-order valence-corrected chi connectivity index (χ0v) is 17.7. The lowest BCUT2D eigenvalue weighted by molar-refractivity contribution is -0.164. The summed E-state index contributed by atoms with van der Waals surface area (Å²) in [6.45, 7) is 5.50. The number of aromatic carboxylic acids is 1. The molecule has 0 saturated carbocycles. The van der Waals surface area contributed by atoms with Gasteiger partial charge < -0.3 is 25.2 Å². The van der Waals surface area contributed by atoms with Gasteiger partial charge in [-0.25, -0.2) is 4.79 Å². The number of carboxylic acid groups (broad SMARTS) is 1. The number of ether oxygens (including phenoxy) is 2. The summed E-state index contributed by atoms with van der Waals surface area (Å²) in [5.41, 5.74) is 0.527. The summed E-state index contributed by atoms with van der Waals surface area (Å²) < 4.78 is 12.0. The Morgan fingerprint density at radius 1 is 1.06 bits per heavy atom. The lowest BCUT2D eigenvalue weighted by Gasteiger charge is -2.30. The van der Waals surface area contributed by atoms with Crippen molar-refractivity contribution in [2.45, 2.75) is 51.4 Å². The van der Waals surface area contributed by atoms with E-state index in [1.165, 1.54) is 6.07 Å². The molecule has 0 aliphatic carbocycles. The van der Waals surface area contributed by atoms with E-state index in [0.717, 1.165) is 5.56 Å². The summed E-state index contributed by atoms with van der Waals surface area (Å²) in [7, 11) is 0. The Morgan fingerprint density at radius 3 is 2.42 bits per heavy atom. The van der Waals surface area contributed by atoms with Crippen molar-refractivity contribution in [1.82, 2.24) is 10.6 Å². The summed E-state index contributed by atoms with van der Waals surface area (Å²) in [5, 5.41) is 15.1. The second kappa shape index (κ2) is 8.87. The molecule has 0 aromatic heterocycles. The molecule has 0 bridgehead atoms. The minimum Gasteiger partial charge on any atom is -0.478 e. The van der Waals surface area contributed by atoms with Crippen molar-refractivity contribution in [2.75, 3.05) is 0 Å². The fourth-order valence-electron chi connectivity index (χ4n) is 3.82. The molecule has 1 heterocycles. The Balaban J connectivity index is 1.96. The van der Waals surface area contributed by atoms with Crippen LogP contribution >= 0.6 is 0 Å². The quantitative estimate of drug-likeness (QED) is 0.558. The third-order valence-corrected chi connectivity index (χ3v) is 5.15. The van der Waals surface area contributed by atoms with E-state index in [1.807, 2.05) is 30.3 Å². The van der Waals surface area contributed by atoms with Crippen LogP contribution < -0.4 is 10.6 Å². The van der Waals surface area contributed by atoms with E-state index in [0.29, 0.717) is 24.1 Å². The zero-order valence-electron chi connectivity index (χ0n) is 17.7. The van der Waals surface area contributed by atoms with Crippen LogP contribution in [-0.2, 0) is 37.8 Å². The number of carbonyl (C=O) groups is 3. The summed E-state index contributed by atoms with van der Waals surface area (Å²) in [6, 6.07) is 14.1. The number of benzene rings is 2. The Morgan fingerprint density at radius 2 is 1.77 bits per heavy atom. The summed E-state index contributed by atoms with van der Waals surface area (Å²) in [5.74, 6) is -2.68. The van der Waals surface area contributed by atoms with Crippen LogP contribution in [0.25, 0.3) is 0 Å². The summed E-state index contributed by atoms with van der Waals surface area (Å²) in [4.78, 5) is 35.7. The van der Waals surface area contributed by atoms with E-state index in [-0.39, 0.29) is 12.1 Å². The molecule has 1 aliphatic rings. The van der Waals surface area contributed by atoms with E-state index in [9.17, 15) is 19.5 Å². The smallest absolute Gasteiger partial charge is 0.336 e. The second-order valence-corrected chi connectivity index (χ2v) is 7.99. The Bertz CT molecular complexity index is 975. The van der Waals surface area contributed by atoms with E-state index >= 15 is 0 Å². The summed E-state index contributed by atoms with van der Waals surface area (Å²) in [6.07, 6.45) is -0.525. The van der Waals surface area contributed by atoms with Crippen LogP contribution in [-0.4, -0.2) is 35.3 Å². The van der Waals surface area contributed by atoms with E-state index < -0.39 is 29.4 Å². The molecule has 3 rings (SSSR count). The van der Waals surface area contributed by atoms with Crippen LogP contribution in [0.2, 0.25) is 0 Å². The molecule has 1 saturated heterocycles. The molecule has 0 unspecified atom stereocenters. The molecule has 1 aliphatic heterocycles. The van der Waals surface area contributed by atoms with Gasteiger partial charge in [0.2, 0.25) is 6.41 Å². The maximum Gasteiger partial charge on any atom is 0.336 e. The molecule has 2 aromatic rings. The fourth-order valence-corrected chi connectivity index (χ4v) is 3.82. The van der Waals surface area contributed by atoms with E-state index in [1.54, 1.807) is 32.9 Å². The first-order valence-electron chi connectivity index (χ1n) is 9.89. The maximum absolute atomic E-state index is 13.1. The van der Waals surface area contributed by atoms with Crippen LogP contribution in [0.3, 0.4) is 0 Å². The van der Waals surface area contributed by atoms with Gasteiger partial charge in [0.1, 0.15) is 5.60 Å². The first-order valence-corrected chi connectivity index (χ1v) is 9.89. The van der Waals surface area contributed by atoms with E-state index in [2.05, 4.69) is 10.6 Å². The van der Waals surface area contributed by atoms with Crippen LogP contribution in [0.5, 0.6) is 0 Å². The first-order chi connectivity index (χ1) is 14.7. The van der Waals surface area contributed by atoms with Crippen molar-refractivity contribution in [2.24, 2.45) is 0 Å². The van der Waals surface area contributed by atoms with Crippen LogP contribution in [0.1, 0.15) is 47.8 Å². The SMILES string of the molecule is CC1(C)O[C@@H](C(=O)NCc2ccccc2)[C@](C)(c2cc(CNC=O)ccc2C(=O)O)O1. The highest BCUT2D eigenvalue weighted by Gasteiger charge is 2.55. The predicted octanol–water partition coefficient (Wildman–Crippen LogP) is 2.31. The Hall–Kier alpha value is -3.23. The molecule has 2 atom stereocenters. The molecule has 1 fully saturated rings. The zero-order chi connectivity index (χ0) is 22.6. The van der Waals surface area contributed by atoms with Gasteiger partial charge in [-0.3, -0.25) is 9.59 Å². The van der Waals surface area contributed by atoms with Crippen LogP contribution in [0, 0.1) is 0 Å². The topological polar surface area (TPSA) is 114 Å². The van der Waals surface area contributed by atoms with Gasteiger partial charge in [-0.2, -0.15) is 0 Å².